The van der Waals surface area contributed by atoms with Gasteiger partial charge in [-0.25, -0.2) is 4.98 Å². The molecule has 6 heteroatoms. The van der Waals surface area contributed by atoms with E-state index >= 15 is 0 Å². The summed E-state index contributed by atoms with van der Waals surface area (Å²) >= 11 is 0. The molecule has 0 radical (unpaired) electrons. The van der Waals surface area contributed by atoms with Gasteiger partial charge in [0.25, 0.3) is 0 Å². The van der Waals surface area contributed by atoms with Crippen molar-refractivity contribution in [2.45, 2.75) is 46.0 Å². The first-order chi connectivity index (χ1) is 10.7. The van der Waals surface area contributed by atoms with Crippen LogP contribution in [0.4, 0.5) is 11.8 Å². The lowest BCUT2D eigenvalue weighted by atomic mass is 10.1. The van der Waals surface area contributed by atoms with Crippen LogP contribution >= 0.6 is 0 Å². The molecule has 0 spiro atoms. The second-order valence-electron chi connectivity index (χ2n) is 5.77. The van der Waals surface area contributed by atoms with E-state index in [1.54, 1.807) is 0 Å². The van der Waals surface area contributed by atoms with Gasteiger partial charge in [-0.1, -0.05) is 6.92 Å². The van der Waals surface area contributed by atoms with Gasteiger partial charge in [0, 0.05) is 44.4 Å². The summed E-state index contributed by atoms with van der Waals surface area (Å²) in [5, 5.41) is 6.08. The number of anilines is 2. The van der Waals surface area contributed by atoms with Crippen molar-refractivity contribution in [3.63, 3.8) is 0 Å². The highest BCUT2D eigenvalue weighted by atomic mass is 16.1. The molecule has 1 aromatic heterocycles. The van der Waals surface area contributed by atoms with E-state index in [1.165, 1.54) is 19.3 Å². The zero-order valence-corrected chi connectivity index (χ0v) is 13.7. The third-order valence-electron chi connectivity index (χ3n) is 3.73. The average molecular weight is 305 g/mol. The van der Waals surface area contributed by atoms with Crippen LogP contribution in [0.2, 0.25) is 0 Å². The second kappa shape index (κ2) is 8.56. The quantitative estimate of drug-likeness (QED) is 0.755. The molecule has 0 bridgehead atoms. The lowest BCUT2D eigenvalue weighted by molar-refractivity contribution is -0.121. The Bertz CT molecular complexity index is 485. The molecule has 22 heavy (non-hydrogen) atoms. The Kier molecular flexibility index (Phi) is 6.43. The molecular weight excluding hydrogens is 278 g/mol. The molecule has 1 aliphatic rings. The van der Waals surface area contributed by atoms with Crippen molar-refractivity contribution in [3.8, 4) is 0 Å². The number of carbonyl (C=O) groups excluding carboxylic acids is 1. The summed E-state index contributed by atoms with van der Waals surface area (Å²) in [7, 11) is 0. The molecule has 0 aliphatic carbocycles. The minimum atomic E-state index is 0.100. The molecule has 0 unspecified atom stereocenters. The van der Waals surface area contributed by atoms with Crippen molar-refractivity contribution in [3.05, 3.63) is 11.8 Å². The Hall–Kier alpha value is -1.85. The number of amides is 1. The maximum atomic E-state index is 11.4. The highest BCUT2D eigenvalue weighted by molar-refractivity contribution is 5.75. The largest absolute Gasteiger partial charge is 0.356 e. The first kappa shape index (κ1) is 16.5. The SMILES string of the molecule is CCCC(=O)NCCNc1nc(C)cc(N2CCCCC2)n1. The molecule has 1 aliphatic heterocycles. The minimum absolute atomic E-state index is 0.100. The molecule has 1 saturated heterocycles. The van der Waals surface area contributed by atoms with Crippen LogP contribution in [-0.2, 0) is 4.79 Å². The fourth-order valence-corrected chi connectivity index (χ4v) is 2.61. The molecule has 2 N–H and O–H groups in total. The van der Waals surface area contributed by atoms with Crippen LogP contribution in [0.5, 0.6) is 0 Å². The lowest BCUT2D eigenvalue weighted by Gasteiger charge is -2.28. The van der Waals surface area contributed by atoms with Gasteiger partial charge in [-0.2, -0.15) is 4.98 Å². The standard InChI is InChI=1S/C16H27N5O/c1-3-7-15(22)17-8-9-18-16-19-13(2)12-14(20-16)21-10-5-4-6-11-21/h12H,3-11H2,1-2H3,(H,17,22)(H,18,19,20). The molecule has 1 aromatic rings. The molecule has 2 rings (SSSR count). The number of nitrogens with zero attached hydrogens (tertiary/aromatic N) is 3. The van der Waals surface area contributed by atoms with Crippen molar-refractivity contribution in [1.29, 1.82) is 0 Å². The van der Waals surface area contributed by atoms with Gasteiger partial charge in [0.2, 0.25) is 11.9 Å². The maximum absolute atomic E-state index is 11.4. The van der Waals surface area contributed by atoms with E-state index in [0.717, 1.165) is 31.0 Å². The molecule has 0 atom stereocenters. The number of rotatable bonds is 7. The summed E-state index contributed by atoms with van der Waals surface area (Å²) in [6.07, 6.45) is 5.23. The predicted molar refractivity (Wildman–Crippen MR) is 89.2 cm³/mol. The van der Waals surface area contributed by atoms with E-state index in [1.807, 2.05) is 19.9 Å². The normalized spacial score (nSPS) is 14.7. The number of hydrogen-bond acceptors (Lipinski definition) is 5. The van der Waals surface area contributed by atoms with Crippen LogP contribution < -0.4 is 15.5 Å². The number of nitrogens with one attached hydrogen (secondary N) is 2. The Balaban J connectivity index is 1.85. The monoisotopic (exact) mass is 305 g/mol. The van der Waals surface area contributed by atoms with Crippen LogP contribution in [0.1, 0.15) is 44.7 Å². The van der Waals surface area contributed by atoms with E-state index < -0.39 is 0 Å². The first-order valence-corrected chi connectivity index (χ1v) is 8.30. The van der Waals surface area contributed by atoms with Gasteiger partial charge in [-0.05, 0) is 32.6 Å². The van der Waals surface area contributed by atoms with E-state index in [9.17, 15) is 4.79 Å². The van der Waals surface area contributed by atoms with Crippen LogP contribution in [0.15, 0.2) is 6.07 Å². The molecule has 0 saturated carbocycles. The van der Waals surface area contributed by atoms with Gasteiger partial charge >= 0.3 is 0 Å². The molecule has 122 valence electrons. The van der Waals surface area contributed by atoms with Crippen LogP contribution in [0.3, 0.4) is 0 Å². The number of piperidine rings is 1. The smallest absolute Gasteiger partial charge is 0.224 e. The van der Waals surface area contributed by atoms with Crippen molar-refractivity contribution in [2.24, 2.45) is 0 Å². The number of carbonyl (C=O) groups is 1. The molecule has 1 amide bonds. The molecule has 1 fully saturated rings. The van der Waals surface area contributed by atoms with Gasteiger partial charge in [-0.3, -0.25) is 4.79 Å². The van der Waals surface area contributed by atoms with Crippen LogP contribution in [0, 0.1) is 6.92 Å². The fourth-order valence-electron chi connectivity index (χ4n) is 2.61. The zero-order valence-electron chi connectivity index (χ0n) is 13.7. The summed E-state index contributed by atoms with van der Waals surface area (Å²) in [5.74, 6) is 1.75. The Morgan fingerprint density at radius 3 is 2.73 bits per heavy atom. The maximum Gasteiger partial charge on any atom is 0.224 e. The highest BCUT2D eigenvalue weighted by Gasteiger charge is 2.13. The van der Waals surface area contributed by atoms with Gasteiger partial charge < -0.3 is 15.5 Å². The average Bonchev–Trinajstić information content (AvgIpc) is 2.52. The number of aryl methyl sites for hydroxylation is 1. The van der Waals surface area contributed by atoms with Crippen molar-refractivity contribution in [1.82, 2.24) is 15.3 Å². The Morgan fingerprint density at radius 1 is 1.23 bits per heavy atom. The van der Waals surface area contributed by atoms with E-state index in [2.05, 4.69) is 25.5 Å². The number of hydrogen-bond donors (Lipinski definition) is 2. The summed E-state index contributed by atoms with van der Waals surface area (Å²) in [4.78, 5) is 22.7. The van der Waals surface area contributed by atoms with Crippen LogP contribution in [-0.4, -0.2) is 42.1 Å². The Morgan fingerprint density at radius 2 is 2.00 bits per heavy atom. The Labute approximate surface area is 132 Å². The van der Waals surface area contributed by atoms with E-state index in [0.29, 0.717) is 25.5 Å². The predicted octanol–water partition coefficient (Wildman–Crippen LogP) is 2.10. The van der Waals surface area contributed by atoms with Gasteiger partial charge in [0.15, 0.2) is 0 Å². The summed E-state index contributed by atoms with van der Waals surface area (Å²) in [6.45, 7) is 7.36. The zero-order chi connectivity index (χ0) is 15.8. The fraction of sp³-hybridized carbons (Fsp3) is 0.688. The molecule has 6 nitrogen and oxygen atoms in total. The van der Waals surface area contributed by atoms with Crippen molar-refractivity contribution >= 4 is 17.7 Å². The number of aromatic nitrogens is 2. The molecule has 0 aromatic carbocycles. The van der Waals surface area contributed by atoms with Crippen LogP contribution in [0.25, 0.3) is 0 Å². The lowest BCUT2D eigenvalue weighted by Crippen LogP contribution is -2.31. The van der Waals surface area contributed by atoms with E-state index in [4.69, 9.17) is 0 Å². The van der Waals surface area contributed by atoms with Gasteiger partial charge in [-0.15, -0.1) is 0 Å². The highest BCUT2D eigenvalue weighted by Crippen LogP contribution is 2.19. The third kappa shape index (κ3) is 5.16. The third-order valence-corrected chi connectivity index (χ3v) is 3.73. The molecular formula is C16H27N5O. The topological polar surface area (TPSA) is 70.2 Å². The summed E-state index contributed by atoms with van der Waals surface area (Å²) in [5.41, 5.74) is 0.966. The summed E-state index contributed by atoms with van der Waals surface area (Å²) < 4.78 is 0. The van der Waals surface area contributed by atoms with Crippen molar-refractivity contribution < 1.29 is 4.79 Å². The van der Waals surface area contributed by atoms with Gasteiger partial charge in [0.05, 0.1) is 0 Å². The van der Waals surface area contributed by atoms with E-state index in [-0.39, 0.29) is 5.91 Å². The van der Waals surface area contributed by atoms with Gasteiger partial charge in [0.1, 0.15) is 5.82 Å². The minimum Gasteiger partial charge on any atom is -0.356 e. The second-order valence-corrected chi connectivity index (χ2v) is 5.77. The summed E-state index contributed by atoms with van der Waals surface area (Å²) in [6, 6.07) is 2.04. The van der Waals surface area contributed by atoms with Crippen molar-refractivity contribution in [2.75, 3.05) is 36.4 Å². The molecule has 2 heterocycles. The first-order valence-electron chi connectivity index (χ1n) is 8.30.